The molecule has 0 unspecified atom stereocenters. The predicted octanol–water partition coefficient (Wildman–Crippen LogP) is 5.87. The van der Waals surface area contributed by atoms with Gasteiger partial charge in [-0.2, -0.15) is 0 Å². The van der Waals surface area contributed by atoms with Crippen LogP contribution in [0, 0.1) is 34.5 Å². The summed E-state index contributed by atoms with van der Waals surface area (Å²) < 4.78 is 0. The van der Waals surface area contributed by atoms with E-state index >= 15 is 0 Å². The van der Waals surface area contributed by atoms with Gasteiger partial charge in [0.25, 0.3) is 0 Å². The van der Waals surface area contributed by atoms with Crippen molar-refractivity contribution in [3.05, 3.63) is 47.6 Å². The molecule has 9 heteroatoms. The molecule has 296 valence electrons. The molecule has 0 aromatic heterocycles. The summed E-state index contributed by atoms with van der Waals surface area (Å²) in [4.78, 5) is 21.0. The molecule has 53 heavy (non-hydrogen) atoms. The number of hydrogen-bond donors (Lipinski definition) is 4. The molecule has 0 aromatic carbocycles. The Morgan fingerprint density at radius 3 is 1.42 bits per heavy atom. The van der Waals surface area contributed by atoms with Crippen molar-refractivity contribution in [3.8, 4) is 0 Å². The van der Waals surface area contributed by atoms with Gasteiger partial charge in [0.2, 0.25) is 0 Å². The van der Waals surface area contributed by atoms with E-state index in [0.29, 0.717) is 24.7 Å². The minimum absolute atomic E-state index is 0. The molecule has 0 heterocycles. The van der Waals surface area contributed by atoms with Gasteiger partial charge < -0.3 is 40.2 Å². The van der Waals surface area contributed by atoms with Gasteiger partial charge in [-0.15, -0.1) is 0 Å². The molecular formula is C44H70CaO8. The Bertz CT molecular complexity index is 1150. The maximum atomic E-state index is 10.5. The summed E-state index contributed by atoms with van der Waals surface area (Å²) in [6, 6.07) is 0. The zero-order valence-corrected chi connectivity index (χ0v) is 35.6. The van der Waals surface area contributed by atoms with E-state index in [1.54, 1.807) is 0 Å². The van der Waals surface area contributed by atoms with Gasteiger partial charge >= 0.3 is 37.7 Å². The third-order valence-corrected chi connectivity index (χ3v) is 12.5. The van der Waals surface area contributed by atoms with Gasteiger partial charge in [0, 0.05) is 23.8 Å². The Balaban J connectivity index is 0.000000360. The van der Waals surface area contributed by atoms with Crippen molar-refractivity contribution in [2.75, 3.05) is 0 Å². The Labute approximate surface area is 350 Å². The van der Waals surface area contributed by atoms with Crippen LogP contribution < -0.4 is 10.2 Å². The molecule has 0 radical (unpaired) electrons. The smallest absolute Gasteiger partial charge is 0.550 e. The van der Waals surface area contributed by atoms with Gasteiger partial charge in [-0.3, -0.25) is 0 Å². The first kappa shape index (κ1) is 48.1. The number of aliphatic hydroxyl groups excluding tert-OH is 4. The number of carboxylic acid groups (broad SMARTS) is 2. The second kappa shape index (κ2) is 23.9. The third-order valence-electron chi connectivity index (χ3n) is 12.5. The number of rotatable bonds is 20. The largest absolute Gasteiger partial charge is 2.00 e. The quantitative estimate of drug-likeness (QED) is 0.0680. The van der Waals surface area contributed by atoms with Crippen molar-refractivity contribution >= 4 is 49.7 Å². The number of allylic oxidation sites excluding steroid dienone is 4. The third kappa shape index (κ3) is 15.5. The van der Waals surface area contributed by atoms with Crippen LogP contribution in [0.4, 0.5) is 0 Å². The zero-order chi connectivity index (χ0) is 38.3. The van der Waals surface area contributed by atoms with E-state index in [1.807, 2.05) is 12.2 Å². The van der Waals surface area contributed by atoms with Crippen molar-refractivity contribution in [2.24, 2.45) is 34.5 Å². The van der Waals surface area contributed by atoms with Crippen LogP contribution in [0.2, 0.25) is 0 Å². The molecule has 4 aliphatic rings. The van der Waals surface area contributed by atoms with Crippen LogP contribution in [-0.4, -0.2) is 94.5 Å². The topological polar surface area (TPSA) is 161 Å². The Kier molecular flexibility index (Phi) is 21.7. The first-order valence-corrected chi connectivity index (χ1v) is 20.6. The predicted molar refractivity (Wildman–Crippen MR) is 208 cm³/mol. The molecule has 4 rings (SSSR count). The Morgan fingerprint density at radius 2 is 1.08 bits per heavy atom. The summed E-state index contributed by atoms with van der Waals surface area (Å²) in [5, 5.41) is 62.3. The number of carbonyl (C=O) groups excluding carboxylic acids is 2. The first-order chi connectivity index (χ1) is 24.7. The van der Waals surface area contributed by atoms with Crippen LogP contribution >= 0.6 is 0 Å². The molecule has 0 spiro atoms. The van der Waals surface area contributed by atoms with Crippen molar-refractivity contribution < 1.29 is 40.2 Å². The monoisotopic (exact) mass is 766 g/mol. The number of aliphatic carboxylic acids is 2. The zero-order valence-electron chi connectivity index (χ0n) is 33.4. The molecule has 4 aliphatic carbocycles. The summed E-state index contributed by atoms with van der Waals surface area (Å²) in [6.45, 7) is 8.83. The molecule has 4 saturated carbocycles. The number of hydrogen-bond acceptors (Lipinski definition) is 8. The Hall–Kier alpha value is -1.00. The van der Waals surface area contributed by atoms with E-state index in [9.17, 15) is 40.2 Å². The maximum Gasteiger partial charge on any atom is 2.00 e. The summed E-state index contributed by atoms with van der Waals surface area (Å²) in [5.74, 6) is -0.938. The molecule has 10 atom stereocenters. The number of carbonyl (C=O) groups is 2. The second-order valence-electron chi connectivity index (χ2n) is 17.1. The molecular weight excluding hydrogens is 697 g/mol. The van der Waals surface area contributed by atoms with E-state index in [4.69, 9.17) is 0 Å². The minimum Gasteiger partial charge on any atom is -0.550 e. The van der Waals surface area contributed by atoms with Crippen molar-refractivity contribution in [3.63, 3.8) is 0 Å². The summed E-state index contributed by atoms with van der Waals surface area (Å²) in [5.41, 5.74) is 3.01. The molecule has 0 aromatic rings. The van der Waals surface area contributed by atoms with Crippen LogP contribution in [0.15, 0.2) is 47.6 Å². The summed E-state index contributed by atoms with van der Waals surface area (Å²) >= 11 is 0. The van der Waals surface area contributed by atoms with Gasteiger partial charge in [-0.25, -0.2) is 0 Å². The molecule has 0 aliphatic heterocycles. The maximum absolute atomic E-state index is 10.5. The minimum atomic E-state index is -0.982. The first-order valence-electron chi connectivity index (χ1n) is 20.6. The average molecular weight is 767 g/mol. The van der Waals surface area contributed by atoms with E-state index < -0.39 is 24.1 Å². The van der Waals surface area contributed by atoms with Crippen molar-refractivity contribution in [1.29, 1.82) is 0 Å². The number of carboxylic acids is 2. The fraction of sp³-hybridized carbons (Fsp3) is 0.773. The van der Waals surface area contributed by atoms with Gasteiger partial charge in [0.05, 0.1) is 24.4 Å². The molecule has 0 amide bonds. The van der Waals surface area contributed by atoms with Gasteiger partial charge in [-0.05, 0) is 113 Å². The molecule has 0 saturated heterocycles. The fourth-order valence-electron chi connectivity index (χ4n) is 9.77. The van der Waals surface area contributed by atoms with Crippen molar-refractivity contribution in [2.45, 2.75) is 181 Å². The van der Waals surface area contributed by atoms with E-state index in [0.717, 1.165) is 103 Å². The normalized spacial score (nSPS) is 33.2. The molecule has 0 bridgehead atoms. The average Bonchev–Trinajstić information content (AvgIpc) is 3.71. The van der Waals surface area contributed by atoms with Crippen molar-refractivity contribution in [1.82, 2.24) is 0 Å². The van der Waals surface area contributed by atoms with Gasteiger partial charge in [0.15, 0.2) is 0 Å². The number of aliphatic hydroxyl groups is 4. The van der Waals surface area contributed by atoms with Crippen LogP contribution in [0.5, 0.6) is 0 Å². The van der Waals surface area contributed by atoms with E-state index in [-0.39, 0.29) is 85.5 Å². The molecule has 4 fully saturated rings. The van der Waals surface area contributed by atoms with Crippen LogP contribution in [0.25, 0.3) is 0 Å². The molecule has 8 nitrogen and oxygen atoms in total. The SMILES string of the molecule is CCCCC[C@@H](O)C=C[C@@H]1[C@@H](O)C[C@@]2(C)CC(=CCCCC(=O)[O-])C[C@@H]12.CCCCC[C@@H](O)C=C[C@@H]1[C@@H](O)C[C@@]2(C)CC(=CCCCC(=O)[O-])C[C@@H]12.[Ca+2]. The number of unbranched alkanes of at least 4 members (excludes halogenated alkanes) is 6. The standard InChI is InChI=1S/2C22H36O4.Ca/c2*1-3-4-5-9-17(23)11-12-18-19-13-16(8-6-7-10-21(25)26)14-22(19,2)15-20(18)24;/h2*8,11-12,17-20,23-24H,3-7,9-10,13-15H2,1-2H3,(H,25,26);/q;;+2/p-2/t2*17-,18+,19+,20+,22-;/m11./s1. The summed E-state index contributed by atoms with van der Waals surface area (Å²) in [6.07, 6.45) is 27.6. The fourth-order valence-corrected chi connectivity index (χ4v) is 9.77. The second-order valence-corrected chi connectivity index (χ2v) is 17.1. The summed E-state index contributed by atoms with van der Waals surface area (Å²) in [7, 11) is 0. The van der Waals surface area contributed by atoms with Gasteiger partial charge in [-0.1, -0.05) is 114 Å². The van der Waals surface area contributed by atoms with Crippen LogP contribution in [0.3, 0.4) is 0 Å². The van der Waals surface area contributed by atoms with E-state index in [2.05, 4.69) is 52.0 Å². The van der Waals surface area contributed by atoms with E-state index in [1.165, 1.54) is 11.1 Å². The van der Waals surface area contributed by atoms with Crippen LogP contribution in [0.1, 0.15) is 156 Å². The van der Waals surface area contributed by atoms with Gasteiger partial charge in [0.1, 0.15) is 0 Å². The van der Waals surface area contributed by atoms with Crippen LogP contribution in [-0.2, 0) is 9.59 Å². The molecule has 4 N–H and O–H groups in total. The number of fused-ring (bicyclic) bond motifs is 2. The Morgan fingerprint density at radius 1 is 0.698 bits per heavy atom.